The molecule has 0 unspecified atom stereocenters. The third-order valence-electron chi connectivity index (χ3n) is 2.47. The van der Waals surface area contributed by atoms with Crippen molar-refractivity contribution in [1.82, 2.24) is 0 Å². The molecular weight excluding hydrogens is 172 g/mol. The summed E-state index contributed by atoms with van der Waals surface area (Å²) in [7, 11) is 0. The second-order valence-corrected chi connectivity index (χ2v) is 3.80. The number of carbonyl (C=O) groups excluding carboxylic acids is 1. The standard InChI is InChI=1S/C13H22O/c1-4-7-8-11-13(14)12(9-5-2)10-6-3/h1,12H,5-11H2,2-3H3. The first-order chi connectivity index (χ1) is 6.76. The van der Waals surface area contributed by atoms with Crippen molar-refractivity contribution in [3.63, 3.8) is 0 Å². The van der Waals surface area contributed by atoms with Gasteiger partial charge in [0.1, 0.15) is 5.78 Å². The molecule has 0 aromatic heterocycles. The Bertz CT molecular complexity index is 182. The molecule has 0 saturated heterocycles. The Labute approximate surface area is 88.3 Å². The highest BCUT2D eigenvalue weighted by atomic mass is 16.1. The molecule has 0 aliphatic carbocycles. The van der Waals surface area contributed by atoms with Gasteiger partial charge in [0.2, 0.25) is 0 Å². The minimum absolute atomic E-state index is 0.294. The number of rotatable bonds is 8. The SMILES string of the molecule is C#CCCCC(=O)C(CCC)CCC. The summed E-state index contributed by atoms with van der Waals surface area (Å²) in [5.74, 6) is 3.29. The van der Waals surface area contributed by atoms with Gasteiger partial charge in [-0.25, -0.2) is 0 Å². The van der Waals surface area contributed by atoms with E-state index in [4.69, 9.17) is 6.42 Å². The van der Waals surface area contributed by atoms with Gasteiger partial charge in [0.15, 0.2) is 0 Å². The van der Waals surface area contributed by atoms with Crippen molar-refractivity contribution >= 4 is 5.78 Å². The van der Waals surface area contributed by atoms with Gasteiger partial charge >= 0.3 is 0 Å². The molecule has 0 aliphatic heterocycles. The van der Waals surface area contributed by atoms with Crippen LogP contribution in [-0.4, -0.2) is 5.78 Å². The van der Waals surface area contributed by atoms with E-state index in [0.29, 0.717) is 18.1 Å². The average Bonchev–Trinajstić information content (AvgIpc) is 2.18. The molecule has 14 heavy (non-hydrogen) atoms. The van der Waals surface area contributed by atoms with Gasteiger partial charge in [0.05, 0.1) is 0 Å². The lowest BCUT2D eigenvalue weighted by Gasteiger charge is -2.13. The highest BCUT2D eigenvalue weighted by molar-refractivity contribution is 5.80. The largest absolute Gasteiger partial charge is 0.299 e. The van der Waals surface area contributed by atoms with Gasteiger partial charge in [-0.1, -0.05) is 26.7 Å². The van der Waals surface area contributed by atoms with Crippen LogP contribution in [0.15, 0.2) is 0 Å². The maximum Gasteiger partial charge on any atom is 0.136 e. The second kappa shape index (κ2) is 8.81. The summed E-state index contributed by atoms with van der Waals surface area (Å²) in [4.78, 5) is 11.7. The van der Waals surface area contributed by atoms with Crippen molar-refractivity contribution in [1.29, 1.82) is 0 Å². The van der Waals surface area contributed by atoms with Gasteiger partial charge in [0.25, 0.3) is 0 Å². The predicted octanol–water partition coefficient (Wildman–Crippen LogP) is 3.58. The van der Waals surface area contributed by atoms with Crippen LogP contribution < -0.4 is 0 Å². The van der Waals surface area contributed by atoms with E-state index in [1.807, 2.05) is 0 Å². The van der Waals surface area contributed by atoms with E-state index in [1.54, 1.807) is 0 Å². The van der Waals surface area contributed by atoms with E-state index in [-0.39, 0.29) is 0 Å². The van der Waals surface area contributed by atoms with E-state index in [2.05, 4.69) is 19.8 Å². The summed E-state index contributed by atoms with van der Waals surface area (Å²) in [5, 5.41) is 0. The van der Waals surface area contributed by atoms with Crippen LogP contribution in [0, 0.1) is 18.3 Å². The fourth-order valence-electron chi connectivity index (χ4n) is 1.73. The van der Waals surface area contributed by atoms with Crippen LogP contribution in [0.1, 0.15) is 58.8 Å². The van der Waals surface area contributed by atoms with Crippen LogP contribution in [0.4, 0.5) is 0 Å². The number of hydrogen-bond acceptors (Lipinski definition) is 1. The molecule has 0 N–H and O–H groups in total. The first-order valence-corrected chi connectivity index (χ1v) is 5.72. The normalized spacial score (nSPS) is 10.1. The summed E-state index contributed by atoms with van der Waals surface area (Å²) in [5.41, 5.74) is 0. The number of terminal acetylenes is 1. The van der Waals surface area contributed by atoms with E-state index in [0.717, 1.165) is 38.5 Å². The molecule has 0 bridgehead atoms. The van der Waals surface area contributed by atoms with E-state index in [9.17, 15) is 4.79 Å². The number of unbranched alkanes of at least 4 members (excludes halogenated alkanes) is 1. The van der Waals surface area contributed by atoms with Gasteiger partial charge < -0.3 is 0 Å². The Kier molecular flexibility index (Phi) is 8.33. The summed E-state index contributed by atoms with van der Waals surface area (Å²) >= 11 is 0. The first-order valence-electron chi connectivity index (χ1n) is 5.72. The maximum absolute atomic E-state index is 11.7. The Morgan fingerprint density at radius 1 is 1.29 bits per heavy atom. The van der Waals surface area contributed by atoms with Gasteiger partial charge in [-0.2, -0.15) is 0 Å². The maximum atomic E-state index is 11.7. The summed E-state index contributed by atoms with van der Waals surface area (Å²) < 4.78 is 0. The number of hydrogen-bond donors (Lipinski definition) is 0. The molecule has 0 heterocycles. The van der Waals surface area contributed by atoms with Crippen LogP contribution in [0.2, 0.25) is 0 Å². The molecule has 80 valence electrons. The predicted molar refractivity (Wildman–Crippen MR) is 61.0 cm³/mol. The third-order valence-corrected chi connectivity index (χ3v) is 2.47. The fraction of sp³-hybridized carbons (Fsp3) is 0.769. The Balaban J connectivity index is 3.83. The van der Waals surface area contributed by atoms with Crippen molar-refractivity contribution in [3.05, 3.63) is 0 Å². The van der Waals surface area contributed by atoms with Crippen molar-refractivity contribution in [2.45, 2.75) is 58.8 Å². The molecule has 0 radical (unpaired) electrons. The molecule has 0 fully saturated rings. The average molecular weight is 194 g/mol. The monoisotopic (exact) mass is 194 g/mol. The van der Waals surface area contributed by atoms with E-state index >= 15 is 0 Å². The molecular formula is C13H22O. The van der Waals surface area contributed by atoms with Crippen molar-refractivity contribution in [2.75, 3.05) is 0 Å². The minimum atomic E-state index is 0.294. The summed E-state index contributed by atoms with van der Waals surface area (Å²) in [6.07, 6.45) is 11.7. The number of Topliss-reactive ketones (excluding diaryl/α,β-unsaturated/α-hetero) is 1. The van der Waals surface area contributed by atoms with Crippen LogP contribution in [0.25, 0.3) is 0 Å². The lowest BCUT2D eigenvalue weighted by molar-refractivity contribution is -0.123. The zero-order chi connectivity index (χ0) is 10.8. The molecule has 0 aliphatic rings. The van der Waals surface area contributed by atoms with Crippen LogP contribution >= 0.6 is 0 Å². The molecule has 0 rings (SSSR count). The minimum Gasteiger partial charge on any atom is -0.299 e. The molecule has 0 spiro atoms. The lowest BCUT2D eigenvalue weighted by atomic mass is 9.91. The van der Waals surface area contributed by atoms with E-state index < -0.39 is 0 Å². The first kappa shape index (κ1) is 13.2. The summed E-state index contributed by atoms with van der Waals surface area (Å²) in [6, 6.07) is 0. The molecule has 0 aromatic carbocycles. The van der Waals surface area contributed by atoms with Crippen molar-refractivity contribution < 1.29 is 4.79 Å². The topological polar surface area (TPSA) is 17.1 Å². The zero-order valence-corrected chi connectivity index (χ0v) is 9.51. The highest BCUT2D eigenvalue weighted by Crippen LogP contribution is 2.17. The lowest BCUT2D eigenvalue weighted by Crippen LogP contribution is -2.13. The van der Waals surface area contributed by atoms with Crippen LogP contribution in [-0.2, 0) is 4.79 Å². The third kappa shape index (κ3) is 5.80. The van der Waals surface area contributed by atoms with E-state index in [1.165, 1.54) is 0 Å². The van der Waals surface area contributed by atoms with Crippen molar-refractivity contribution in [2.24, 2.45) is 5.92 Å². The van der Waals surface area contributed by atoms with Gasteiger partial charge in [-0.05, 0) is 19.3 Å². The van der Waals surface area contributed by atoms with Gasteiger partial charge in [0, 0.05) is 18.8 Å². The molecule has 0 aromatic rings. The quantitative estimate of drug-likeness (QED) is 0.426. The molecule has 0 saturated carbocycles. The number of ketones is 1. The molecule has 1 nitrogen and oxygen atoms in total. The van der Waals surface area contributed by atoms with Gasteiger partial charge in [-0.3, -0.25) is 4.79 Å². The Morgan fingerprint density at radius 3 is 2.29 bits per heavy atom. The number of carbonyl (C=O) groups is 1. The second-order valence-electron chi connectivity index (χ2n) is 3.80. The van der Waals surface area contributed by atoms with Crippen LogP contribution in [0.3, 0.4) is 0 Å². The highest BCUT2D eigenvalue weighted by Gasteiger charge is 2.15. The van der Waals surface area contributed by atoms with Crippen LogP contribution in [0.5, 0.6) is 0 Å². The smallest absolute Gasteiger partial charge is 0.136 e. The summed E-state index contributed by atoms with van der Waals surface area (Å²) in [6.45, 7) is 4.27. The molecule has 0 atom stereocenters. The Hall–Kier alpha value is -0.770. The van der Waals surface area contributed by atoms with Crippen molar-refractivity contribution in [3.8, 4) is 12.3 Å². The van der Waals surface area contributed by atoms with Gasteiger partial charge in [-0.15, -0.1) is 12.3 Å². The Morgan fingerprint density at radius 2 is 1.86 bits per heavy atom. The zero-order valence-electron chi connectivity index (χ0n) is 9.51. The fourth-order valence-corrected chi connectivity index (χ4v) is 1.73. The molecule has 1 heteroatoms. The molecule has 0 amide bonds.